The number of Topliss-reactive ketones (excluding diaryl/α,β-unsaturated/α-hetero) is 1. The normalized spacial score (nSPS) is 17.4. The van der Waals surface area contributed by atoms with Gasteiger partial charge in [-0.05, 0) is 55.9 Å². The minimum Gasteiger partial charge on any atom is -0.486 e. The van der Waals surface area contributed by atoms with Crippen molar-refractivity contribution in [3.8, 4) is 0 Å². The van der Waals surface area contributed by atoms with Gasteiger partial charge in [0, 0.05) is 15.7 Å². The summed E-state index contributed by atoms with van der Waals surface area (Å²) in [7, 11) is 1.42. The summed E-state index contributed by atoms with van der Waals surface area (Å²) in [4.78, 5) is 26.0. The van der Waals surface area contributed by atoms with E-state index >= 15 is 0 Å². The average molecular weight is 419 g/mol. The van der Waals surface area contributed by atoms with Crippen molar-refractivity contribution in [2.45, 2.75) is 66.2 Å². The minimum absolute atomic E-state index is 0.0402. The lowest BCUT2D eigenvalue weighted by molar-refractivity contribution is -0.129. The van der Waals surface area contributed by atoms with Crippen LogP contribution in [-0.4, -0.2) is 25.5 Å². The van der Waals surface area contributed by atoms with E-state index in [1.165, 1.54) is 23.3 Å². The van der Waals surface area contributed by atoms with Gasteiger partial charge < -0.3 is 9.47 Å². The van der Waals surface area contributed by atoms with Crippen LogP contribution in [0.4, 0.5) is 0 Å². The number of thiophene rings is 1. The molecule has 4 nitrogen and oxygen atoms in total. The highest BCUT2D eigenvalue weighted by Crippen LogP contribution is 2.47. The van der Waals surface area contributed by atoms with E-state index < -0.39 is 5.41 Å². The van der Waals surface area contributed by atoms with Crippen LogP contribution < -0.4 is 0 Å². The van der Waals surface area contributed by atoms with Crippen molar-refractivity contribution in [2.75, 3.05) is 13.7 Å². The fourth-order valence-electron chi connectivity index (χ4n) is 3.88. The minimum atomic E-state index is -0.397. The maximum Gasteiger partial charge on any atom is 0.348 e. The van der Waals surface area contributed by atoms with Crippen LogP contribution in [0.1, 0.15) is 75.4 Å². The van der Waals surface area contributed by atoms with E-state index in [9.17, 15) is 9.59 Å². The quantitative estimate of drug-likeness (QED) is 0.481. The van der Waals surface area contributed by atoms with Gasteiger partial charge in [-0.3, -0.25) is 4.79 Å². The summed E-state index contributed by atoms with van der Waals surface area (Å²) < 4.78 is 10.7. The van der Waals surface area contributed by atoms with Crippen LogP contribution >= 0.6 is 11.3 Å². The molecular weight excluding hydrogens is 384 g/mol. The number of ketones is 1. The van der Waals surface area contributed by atoms with Crippen molar-refractivity contribution in [2.24, 2.45) is 11.3 Å². The molecule has 2 rings (SSSR count). The number of carbonyl (C=O) groups excluding carboxylic acids is 2. The number of hydrogen-bond acceptors (Lipinski definition) is 5. The summed E-state index contributed by atoms with van der Waals surface area (Å²) in [6.07, 6.45) is 7.07. The number of hydrogen-bond donors (Lipinski definition) is 0. The monoisotopic (exact) mass is 418 g/mol. The average Bonchev–Trinajstić information content (AvgIpc) is 3.17. The molecule has 0 amide bonds. The van der Waals surface area contributed by atoms with Crippen LogP contribution in [-0.2, 0) is 19.7 Å². The van der Waals surface area contributed by atoms with E-state index in [0.717, 1.165) is 30.6 Å². The van der Waals surface area contributed by atoms with Gasteiger partial charge in [-0.1, -0.05) is 40.7 Å². The first kappa shape index (κ1) is 23.4. The number of ether oxygens (including phenoxy) is 2. The number of carbonyl (C=O) groups is 2. The first-order chi connectivity index (χ1) is 13.6. The molecule has 0 fully saturated rings. The molecule has 1 unspecified atom stereocenters. The largest absolute Gasteiger partial charge is 0.486 e. The zero-order valence-electron chi connectivity index (χ0n) is 18.8. The molecule has 0 aliphatic heterocycles. The van der Waals surface area contributed by atoms with Gasteiger partial charge in [-0.25, -0.2) is 4.79 Å². The molecule has 1 atom stereocenters. The molecule has 1 heterocycles. The number of rotatable bonds is 8. The smallest absolute Gasteiger partial charge is 0.348 e. The van der Waals surface area contributed by atoms with E-state index in [4.69, 9.17) is 9.47 Å². The van der Waals surface area contributed by atoms with Crippen LogP contribution in [0.5, 0.6) is 0 Å². The Balaban J connectivity index is 2.21. The first-order valence-electron chi connectivity index (χ1n) is 10.3. The molecule has 0 spiro atoms. The lowest BCUT2D eigenvalue weighted by atomic mass is 9.67. The molecule has 1 aromatic heterocycles. The molecule has 0 bridgehead atoms. The number of methoxy groups -OCH3 is 1. The van der Waals surface area contributed by atoms with Crippen molar-refractivity contribution >= 4 is 23.1 Å². The molecule has 0 saturated heterocycles. The summed E-state index contributed by atoms with van der Waals surface area (Å²) in [5.74, 6) is 0.934. The third-order valence-electron chi connectivity index (χ3n) is 6.08. The van der Waals surface area contributed by atoms with Gasteiger partial charge in [-0.15, -0.1) is 11.3 Å². The molecular formula is C24H34O4S. The summed E-state index contributed by atoms with van der Waals surface area (Å²) >= 11 is 1.53. The van der Waals surface area contributed by atoms with Crippen LogP contribution in [0.3, 0.4) is 0 Å². The fraction of sp³-hybridized carbons (Fsp3) is 0.583. The molecule has 1 aliphatic rings. The number of esters is 1. The van der Waals surface area contributed by atoms with Gasteiger partial charge in [0.05, 0.1) is 7.11 Å². The SMILES string of the molecule is CCC(CC)(c1ccc(C(=O)OC)s1)C1C=CC(OCC(=O)C(C)(C)C)=C(C)C1. The molecule has 0 aromatic carbocycles. The Morgan fingerprint density at radius 2 is 1.83 bits per heavy atom. The second-order valence-corrected chi connectivity index (χ2v) is 9.88. The van der Waals surface area contributed by atoms with Gasteiger partial charge in [0.25, 0.3) is 0 Å². The van der Waals surface area contributed by atoms with E-state index in [-0.39, 0.29) is 23.8 Å². The van der Waals surface area contributed by atoms with E-state index in [0.29, 0.717) is 10.8 Å². The van der Waals surface area contributed by atoms with E-state index in [1.54, 1.807) is 0 Å². The molecule has 1 aliphatic carbocycles. The Labute approximate surface area is 179 Å². The van der Waals surface area contributed by atoms with Gasteiger partial charge >= 0.3 is 5.97 Å². The highest BCUT2D eigenvalue weighted by molar-refractivity contribution is 7.14. The predicted molar refractivity (Wildman–Crippen MR) is 118 cm³/mol. The molecule has 5 heteroatoms. The molecule has 160 valence electrons. The molecule has 0 radical (unpaired) electrons. The molecule has 29 heavy (non-hydrogen) atoms. The topological polar surface area (TPSA) is 52.6 Å². The van der Waals surface area contributed by atoms with E-state index in [2.05, 4.69) is 32.9 Å². The number of allylic oxidation sites excluding steroid dienone is 3. The van der Waals surface area contributed by atoms with E-state index in [1.807, 2.05) is 32.9 Å². The Hall–Kier alpha value is -1.88. The lowest BCUT2D eigenvalue weighted by Crippen LogP contribution is -2.34. The molecule has 1 aromatic rings. The van der Waals surface area contributed by atoms with Gasteiger partial charge in [0.1, 0.15) is 17.2 Å². The van der Waals surface area contributed by atoms with Crippen molar-refractivity contribution in [1.82, 2.24) is 0 Å². The van der Waals surface area contributed by atoms with Crippen LogP contribution in [0.25, 0.3) is 0 Å². The zero-order valence-corrected chi connectivity index (χ0v) is 19.6. The van der Waals surface area contributed by atoms with Gasteiger partial charge in [0.15, 0.2) is 5.78 Å². The van der Waals surface area contributed by atoms with Gasteiger partial charge in [-0.2, -0.15) is 0 Å². The Kier molecular flexibility index (Phi) is 7.50. The second-order valence-electron chi connectivity index (χ2n) is 8.79. The first-order valence-corrected chi connectivity index (χ1v) is 11.1. The second kappa shape index (κ2) is 9.29. The third kappa shape index (κ3) is 5.00. The summed E-state index contributed by atoms with van der Waals surface area (Å²) in [5.41, 5.74) is 0.725. The summed E-state index contributed by atoms with van der Waals surface area (Å²) in [5, 5.41) is 0. The maximum atomic E-state index is 12.2. The predicted octanol–water partition coefficient (Wildman–Crippen LogP) is 6.07. The lowest BCUT2D eigenvalue weighted by Gasteiger charge is -2.39. The van der Waals surface area contributed by atoms with Crippen LogP contribution in [0.2, 0.25) is 0 Å². The highest BCUT2D eigenvalue weighted by Gasteiger charge is 2.39. The Morgan fingerprint density at radius 1 is 1.17 bits per heavy atom. The third-order valence-corrected chi connectivity index (χ3v) is 7.36. The van der Waals surface area contributed by atoms with Crippen LogP contribution in [0.15, 0.2) is 35.6 Å². The van der Waals surface area contributed by atoms with Crippen molar-refractivity contribution in [3.63, 3.8) is 0 Å². The van der Waals surface area contributed by atoms with Crippen molar-refractivity contribution in [3.05, 3.63) is 45.4 Å². The summed E-state index contributed by atoms with van der Waals surface area (Å²) in [6, 6.07) is 3.94. The maximum absolute atomic E-state index is 12.2. The molecule has 0 saturated carbocycles. The Morgan fingerprint density at radius 3 is 2.34 bits per heavy atom. The van der Waals surface area contributed by atoms with Crippen molar-refractivity contribution < 1.29 is 19.1 Å². The van der Waals surface area contributed by atoms with Gasteiger partial charge in [0.2, 0.25) is 0 Å². The molecule has 0 N–H and O–H groups in total. The fourth-order valence-corrected chi connectivity index (χ4v) is 5.20. The zero-order chi connectivity index (χ0) is 21.8. The standard InChI is InChI=1S/C24H34O4S/c1-8-24(9-2,21-13-12-19(29-21)22(26)27-7)17-10-11-18(16(3)14-17)28-15-20(25)23(4,5)6/h10-13,17H,8-9,14-15H2,1-7H3. The highest BCUT2D eigenvalue weighted by atomic mass is 32.1. The summed E-state index contributed by atoms with van der Waals surface area (Å²) in [6.45, 7) is 12.3. The Bertz CT molecular complexity index is 803. The van der Waals surface area contributed by atoms with Crippen LogP contribution in [0, 0.1) is 11.3 Å². The van der Waals surface area contributed by atoms with Crippen molar-refractivity contribution in [1.29, 1.82) is 0 Å².